The van der Waals surface area contributed by atoms with Crippen LogP contribution < -0.4 is 5.73 Å². The number of alkyl halides is 3. The quantitative estimate of drug-likeness (QED) is 0.547. The molecule has 4 N–H and O–H groups in total. The Balaban J connectivity index is 0.000000509. The Bertz CT molecular complexity index is 926. The first-order valence-corrected chi connectivity index (χ1v) is 10.9. The van der Waals surface area contributed by atoms with Crippen molar-refractivity contribution in [3.8, 4) is 5.75 Å². The van der Waals surface area contributed by atoms with Gasteiger partial charge in [0.1, 0.15) is 12.4 Å². The smallest absolute Gasteiger partial charge is 0.490 e. The van der Waals surface area contributed by atoms with E-state index in [1.165, 1.54) is 11.0 Å². The highest BCUT2D eigenvalue weighted by Crippen LogP contribution is 2.37. The molecule has 34 heavy (non-hydrogen) atoms. The summed E-state index contributed by atoms with van der Waals surface area (Å²) in [5.41, 5.74) is 6.91. The minimum atomic E-state index is -5.08. The van der Waals surface area contributed by atoms with Crippen molar-refractivity contribution >= 4 is 41.0 Å². The van der Waals surface area contributed by atoms with Crippen LogP contribution in [0.25, 0.3) is 0 Å². The largest absolute Gasteiger partial charge is 0.508 e. The Labute approximate surface area is 203 Å². The van der Waals surface area contributed by atoms with Crippen molar-refractivity contribution in [2.24, 2.45) is 11.7 Å². The molecule has 0 bridgehead atoms. The fourth-order valence-corrected chi connectivity index (χ4v) is 3.92. The number of halogens is 5. The average molecular weight is 530 g/mol. The summed E-state index contributed by atoms with van der Waals surface area (Å²) in [6, 6.07) is 2.60. The van der Waals surface area contributed by atoms with Crippen LogP contribution in [0, 0.1) is 5.92 Å². The number of nitrogens with zero attached hydrogens (tertiary/aromatic N) is 2. The lowest BCUT2D eigenvalue weighted by Crippen LogP contribution is -2.53. The van der Waals surface area contributed by atoms with Crippen LogP contribution in [-0.2, 0) is 19.1 Å². The van der Waals surface area contributed by atoms with E-state index in [1.54, 1.807) is 18.0 Å². The van der Waals surface area contributed by atoms with Gasteiger partial charge in [0.2, 0.25) is 5.91 Å². The Morgan fingerprint density at radius 2 is 1.74 bits per heavy atom. The summed E-state index contributed by atoms with van der Waals surface area (Å²) in [7, 11) is 1.67. The van der Waals surface area contributed by atoms with E-state index in [9.17, 15) is 27.9 Å². The van der Waals surface area contributed by atoms with E-state index >= 15 is 0 Å². The molecule has 2 aliphatic rings. The molecule has 1 aromatic carbocycles. The third-order valence-corrected chi connectivity index (χ3v) is 6.30. The number of benzene rings is 1. The molecule has 14 heteroatoms. The van der Waals surface area contributed by atoms with Gasteiger partial charge in [-0.15, -0.1) is 0 Å². The lowest BCUT2D eigenvalue weighted by Gasteiger charge is -2.38. The number of aliphatic carboxylic acids is 1. The first-order chi connectivity index (χ1) is 15.7. The van der Waals surface area contributed by atoms with E-state index in [4.69, 9.17) is 43.6 Å². The zero-order valence-corrected chi connectivity index (χ0v) is 19.5. The maximum absolute atomic E-state index is 12.6. The Morgan fingerprint density at radius 1 is 1.21 bits per heavy atom. The molecule has 1 unspecified atom stereocenters. The van der Waals surface area contributed by atoms with E-state index in [-0.39, 0.29) is 41.7 Å². The second-order valence-electron chi connectivity index (χ2n) is 7.89. The molecule has 0 aromatic heterocycles. The number of likely N-dealkylation sites (N-methyl/N-ethyl adjacent to an activating group) is 1. The molecule has 0 aliphatic carbocycles. The number of nitrogens with two attached hydrogens (primary N) is 1. The fraction of sp³-hybridized carbons (Fsp3) is 0.550. The van der Waals surface area contributed by atoms with Gasteiger partial charge in [0.25, 0.3) is 5.91 Å². The van der Waals surface area contributed by atoms with Gasteiger partial charge in [-0.25, -0.2) is 4.79 Å². The first-order valence-electron chi connectivity index (χ1n) is 10.1. The zero-order valence-electron chi connectivity index (χ0n) is 18.0. The van der Waals surface area contributed by atoms with Gasteiger partial charge >= 0.3 is 12.1 Å². The molecule has 2 fully saturated rings. The number of hydrogen-bond acceptors (Lipinski definition) is 6. The summed E-state index contributed by atoms with van der Waals surface area (Å²) < 4.78 is 37.1. The minimum absolute atomic E-state index is 0.0266. The average Bonchev–Trinajstić information content (AvgIpc) is 2.77. The number of carbonyl (C=O) groups is 3. The fourth-order valence-electron chi connectivity index (χ4n) is 3.59. The lowest BCUT2D eigenvalue weighted by atomic mass is 9.85. The van der Waals surface area contributed by atoms with Crippen molar-refractivity contribution in [2.75, 3.05) is 33.3 Å². The number of carboxylic acids is 1. The minimum Gasteiger partial charge on any atom is -0.508 e. The van der Waals surface area contributed by atoms with Gasteiger partial charge in [0.15, 0.2) is 6.10 Å². The number of carboxylic acid groups (broad SMARTS) is 1. The number of aromatic hydroxyl groups is 1. The van der Waals surface area contributed by atoms with Gasteiger partial charge in [-0.2, -0.15) is 13.2 Å². The summed E-state index contributed by atoms with van der Waals surface area (Å²) in [4.78, 5) is 36.3. The predicted molar refractivity (Wildman–Crippen MR) is 115 cm³/mol. The number of amides is 2. The number of piperidine rings is 1. The zero-order chi connectivity index (χ0) is 25.8. The van der Waals surface area contributed by atoms with E-state index in [2.05, 4.69) is 0 Å². The summed E-state index contributed by atoms with van der Waals surface area (Å²) in [6.07, 6.45) is -4.29. The summed E-state index contributed by atoms with van der Waals surface area (Å²) in [5.74, 6) is -2.84. The molecular weight excluding hydrogens is 506 g/mol. The van der Waals surface area contributed by atoms with Crippen LogP contribution in [0.4, 0.5) is 13.2 Å². The molecule has 2 atom stereocenters. The van der Waals surface area contributed by atoms with Gasteiger partial charge in [-0.1, -0.05) is 23.2 Å². The molecule has 2 aliphatic heterocycles. The van der Waals surface area contributed by atoms with Crippen LogP contribution in [-0.4, -0.2) is 83.4 Å². The van der Waals surface area contributed by atoms with Crippen molar-refractivity contribution in [1.29, 1.82) is 0 Å². The number of phenols is 1. The third-order valence-electron chi connectivity index (χ3n) is 5.58. The van der Waals surface area contributed by atoms with Crippen LogP contribution in [0.15, 0.2) is 12.1 Å². The normalized spacial score (nSPS) is 20.4. The molecule has 9 nitrogen and oxygen atoms in total. The molecule has 190 valence electrons. The molecule has 0 radical (unpaired) electrons. The third kappa shape index (κ3) is 7.11. The summed E-state index contributed by atoms with van der Waals surface area (Å²) in [5, 5.41) is 17.9. The van der Waals surface area contributed by atoms with E-state index in [0.717, 1.165) is 0 Å². The first kappa shape index (κ1) is 28.0. The lowest BCUT2D eigenvalue weighted by molar-refractivity contribution is -0.192. The highest BCUT2D eigenvalue weighted by atomic mass is 35.5. The number of rotatable bonds is 3. The van der Waals surface area contributed by atoms with Crippen molar-refractivity contribution in [2.45, 2.75) is 31.2 Å². The molecular formula is C20H24Cl2F3N3O6. The standard InChI is InChI=1S/C18H23Cl2N3O4.C2HF3O2/c1-22-8-15(27-9-16(22)25)18(26)23-4-2-10(3-5-23)17(21)11-6-12(19)13(20)7-14(11)24;3-2(4,5)1(6)7/h6-7,10,15,17,24H,2-5,8-9,21H2,1H3;(H,6,7)/t15?,17-;/m1./s1. The molecule has 0 saturated carbocycles. The number of morpholine rings is 1. The van der Waals surface area contributed by atoms with Gasteiger partial charge < -0.3 is 30.5 Å². The molecule has 3 rings (SSSR count). The SMILES string of the molecule is CN1CC(C(=O)N2CCC([C@@H](N)c3cc(Cl)c(Cl)cc3O)CC2)OCC1=O.O=C(O)C(F)(F)F. The van der Waals surface area contributed by atoms with Gasteiger partial charge in [0.05, 0.1) is 16.6 Å². The maximum atomic E-state index is 12.6. The van der Waals surface area contributed by atoms with Crippen molar-refractivity contribution in [3.05, 3.63) is 27.7 Å². The van der Waals surface area contributed by atoms with Gasteiger partial charge in [0, 0.05) is 37.8 Å². The second-order valence-corrected chi connectivity index (χ2v) is 8.70. The second kappa shape index (κ2) is 11.4. The van der Waals surface area contributed by atoms with Crippen molar-refractivity contribution < 1.29 is 42.5 Å². The molecule has 2 heterocycles. The van der Waals surface area contributed by atoms with Gasteiger partial charge in [-0.3, -0.25) is 9.59 Å². The highest BCUT2D eigenvalue weighted by Gasteiger charge is 2.38. The van der Waals surface area contributed by atoms with Crippen LogP contribution in [0.1, 0.15) is 24.4 Å². The van der Waals surface area contributed by atoms with Crippen LogP contribution in [0.2, 0.25) is 10.0 Å². The van der Waals surface area contributed by atoms with Crippen molar-refractivity contribution in [3.63, 3.8) is 0 Å². The number of likely N-dealkylation sites (tertiary alicyclic amines) is 1. The van der Waals surface area contributed by atoms with E-state index < -0.39 is 24.3 Å². The van der Waals surface area contributed by atoms with Gasteiger partial charge in [-0.05, 0) is 24.8 Å². The highest BCUT2D eigenvalue weighted by molar-refractivity contribution is 6.42. The number of ether oxygens (including phenoxy) is 1. The monoisotopic (exact) mass is 529 g/mol. The number of carbonyl (C=O) groups excluding carboxylic acids is 2. The maximum Gasteiger partial charge on any atom is 0.490 e. The van der Waals surface area contributed by atoms with Crippen molar-refractivity contribution in [1.82, 2.24) is 9.80 Å². The summed E-state index contributed by atoms with van der Waals surface area (Å²) >= 11 is 12.0. The number of phenolic OH excluding ortho intramolecular Hbond substituents is 1. The topological polar surface area (TPSA) is 133 Å². The van der Waals surface area contributed by atoms with E-state index in [1.807, 2.05) is 0 Å². The van der Waals surface area contributed by atoms with E-state index in [0.29, 0.717) is 36.5 Å². The van der Waals surface area contributed by atoms with Crippen LogP contribution >= 0.6 is 23.2 Å². The Kier molecular flexibility index (Phi) is 9.40. The Morgan fingerprint density at radius 3 is 2.24 bits per heavy atom. The molecule has 0 spiro atoms. The molecule has 1 aromatic rings. The predicted octanol–water partition coefficient (Wildman–Crippen LogP) is 2.43. The Hall–Kier alpha value is -2.28. The molecule has 2 saturated heterocycles. The summed E-state index contributed by atoms with van der Waals surface area (Å²) in [6.45, 7) is 1.31. The number of hydrogen-bond donors (Lipinski definition) is 3. The molecule has 2 amide bonds. The van der Waals surface area contributed by atoms with Crippen LogP contribution in [0.5, 0.6) is 5.75 Å². The van der Waals surface area contributed by atoms with Crippen LogP contribution in [0.3, 0.4) is 0 Å².